The summed E-state index contributed by atoms with van der Waals surface area (Å²) in [6.07, 6.45) is -9.78. The summed E-state index contributed by atoms with van der Waals surface area (Å²) in [7, 11) is 2.01. The summed E-state index contributed by atoms with van der Waals surface area (Å²) < 4.78 is 99.7. The third-order valence-electron chi connectivity index (χ3n) is 7.07. The Morgan fingerprint density at radius 1 is 0.882 bits per heavy atom. The summed E-state index contributed by atoms with van der Waals surface area (Å²) in [5.41, 5.74) is -2.03. The van der Waals surface area contributed by atoms with E-state index in [0.717, 1.165) is 37.2 Å². The van der Waals surface area contributed by atoms with Crippen LogP contribution in [0.5, 0.6) is 0 Å². The van der Waals surface area contributed by atoms with E-state index < -0.39 is 35.7 Å². The average molecular weight is 489 g/mol. The van der Waals surface area contributed by atoms with Gasteiger partial charge >= 0.3 is 12.4 Å². The van der Waals surface area contributed by atoms with Crippen molar-refractivity contribution in [2.24, 2.45) is 11.8 Å². The minimum absolute atomic E-state index is 0.122. The molecule has 2 nitrogen and oxygen atoms in total. The lowest BCUT2D eigenvalue weighted by atomic mass is 9.69. The number of rotatable bonds is 4. The lowest BCUT2D eigenvalue weighted by Crippen LogP contribution is -2.38. The second-order valence-electron chi connectivity index (χ2n) is 9.46. The van der Waals surface area contributed by atoms with Crippen molar-refractivity contribution in [2.75, 3.05) is 20.1 Å². The van der Waals surface area contributed by atoms with Gasteiger partial charge in [-0.3, -0.25) is 0 Å². The zero-order valence-electron chi connectivity index (χ0n) is 18.8. The number of ether oxygens (including phenoxy) is 1. The molecular weight excluding hydrogens is 463 g/mol. The van der Waals surface area contributed by atoms with Crippen LogP contribution in [0.2, 0.25) is 0 Å². The van der Waals surface area contributed by atoms with Gasteiger partial charge in [-0.1, -0.05) is 12.1 Å². The Bertz CT molecular complexity index is 970. The minimum atomic E-state index is -4.92. The van der Waals surface area contributed by atoms with Crippen molar-refractivity contribution in [3.8, 4) is 0 Å². The van der Waals surface area contributed by atoms with Gasteiger partial charge in [0.2, 0.25) is 0 Å². The van der Waals surface area contributed by atoms with E-state index in [1.54, 1.807) is 12.1 Å². The van der Waals surface area contributed by atoms with E-state index in [-0.39, 0.29) is 29.3 Å². The van der Waals surface area contributed by atoms with Crippen molar-refractivity contribution in [2.45, 2.75) is 50.2 Å². The number of benzene rings is 2. The average Bonchev–Trinajstić information content (AvgIpc) is 3.13. The van der Waals surface area contributed by atoms with Crippen molar-refractivity contribution >= 4 is 0 Å². The maximum Gasteiger partial charge on any atom is 0.416 e. The molecule has 186 valence electrons. The Balaban J connectivity index is 1.65. The molecule has 2 aliphatic rings. The molecule has 0 amide bonds. The Morgan fingerprint density at radius 2 is 1.47 bits per heavy atom. The first kappa shape index (κ1) is 25.0. The lowest BCUT2D eigenvalue weighted by molar-refractivity contribution is -0.143. The Kier molecular flexibility index (Phi) is 6.72. The predicted molar refractivity (Wildman–Crippen MR) is 113 cm³/mol. The normalized spacial score (nSPS) is 27.0. The molecule has 34 heavy (non-hydrogen) atoms. The van der Waals surface area contributed by atoms with E-state index in [2.05, 4.69) is 4.90 Å². The molecular formula is C25H26F7NO. The molecule has 1 aliphatic carbocycles. The molecule has 2 aromatic rings. The molecule has 0 radical (unpaired) electrons. The number of likely N-dealkylation sites (tertiary alicyclic amines) is 1. The van der Waals surface area contributed by atoms with Gasteiger partial charge in [0.1, 0.15) is 5.82 Å². The smallest absolute Gasteiger partial charge is 0.370 e. The third-order valence-corrected chi connectivity index (χ3v) is 7.07. The standard InChI is InChI=1S/C25H26F7NO/c1-14(17-9-18(24(27,28)29)11-19(10-17)25(30,31)32)34-22-8-5-16-12-33(2)13-21(16)23(22)15-3-6-20(26)7-4-15/h3-4,6-7,9-11,14,16,21-23H,5,8,12-13H2,1-2H3/t14-,16?,21?,22+,23+/m0/s1. The van der Waals surface area contributed by atoms with Gasteiger partial charge in [0.25, 0.3) is 0 Å². The highest BCUT2D eigenvalue weighted by atomic mass is 19.4. The molecule has 1 aliphatic heterocycles. The van der Waals surface area contributed by atoms with Gasteiger partial charge in [0.05, 0.1) is 23.3 Å². The molecule has 0 N–H and O–H groups in total. The predicted octanol–water partition coefficient (Wildman–Crippen LogP) is 7.06. The van der Waals surface area contributed by atoms with Crippen LogP contribution in [0.3, 0.4) is 0 Å². The van der Waals surface area contributed by atoms with E-state index in [9.17, 15) is 30.7 Å². The number of fused-ring (bicyclic) bond motifs is 1. The van der Waals surface area contributed by atoms with Crippen LogP contribution >= 0.6 is 0 Å². The van der Waals surface area contributed by atoms with Crippen LogP contribution < -0.4 is 0 Å². The van der Waals surface area contributed by atoms with E-state index in [4.69, 9.17) is 4.74 Å². The molecule has 0 aromatic heterocycles. The molecule has 1 heterocycles. The van der Waals surface area contributed by atoms with E-state index in [1.807, 2.05) is 7.05 Å². The van der Waals surface area contributed by atoms with Crippen LogP contribution in [-0.4, -0.2) is 31.1 Å². The van der Waals surface area contributed by atoms with Gasteiger partial charge in [-0.25, -0.2) is 4.39 Å². The molecule has 2 unspecified atom stereocenters. The number of alkyl halides is 6. The largest absolute Gasteiger partial charge is 0.416 e. The van der Waals surface area contributed by atoms with Gasteiger partial charge in [0.15, 0.2) is 0 Å². The lowest BCUT2D eigenvalue weighted by Gasteiger charge is -2.41. The third kappa shape index (κ3) is 5.25. The topological polar surface area (TPSA) is 12.5 Å². The summed E-state index contributed by atoms with van der Waals surface area (Å²) in [4.78, 5) is 2.21. The summed E-state index contributed by atoms with van der Waals surface area (Å²) in [5, 5.41) is 0. The zero-order valence-corrected chi connectivity index (χ0v) is 18.8. The first-order valence-electron chi connectivity index (χ1n) is 11.2. The van der Waals surface area contributed by atoms with Crippen LogP contribution in [0.4, 0.5) is 30.7 Å². The highest BCUT2D eigenvalue weighted by Crippen LogP contribution is 2.48. The highest BCUT2D eigenvalue weighted by molar-refractivity contribution is 5.35. The molecule has 1 saturated carbocycles. The summed E-state index contributed by atoms with van der Waals surface area (Å²) in [6.45, 7) is 3.18. The molecule has 0 bridgehead atoms. The Labute approximate surface area is 193 Å². The van der Waals surface area contributed by atoms with E-state index >= 15 is 0 Å². The Morgan fingerprint density at radius 3 is 2.03 bits per heavy atom. The molecule has 5 atom stereocenters. The van der Waals surface area contributed by atoms with Gasteiger partial charge in [-0.05, 0) is 80.1 Å². The molecule has 0 spiro atoms. The van der Waals surface area contributed by atoms with Crippen LogP contribution in [-0.2, 0) is 17.1 Å². The van der Waals surface area contributed by atoms with Crippen molar-refractivity contribution in [3.05, 3.63) is 70.5 Å². The zero-order chi connectivity index (χ0) is 24.8. The number of nitrogens with zero attached hydrogens (tertiary/aromatic N) is 1. The fourth-order valence-electron chi connectivity index (χ4n) is 5.52. The van der Waals surface area contributed by atoms with Crippen LogP contribution in [0.1, 0.15) is 54.0 Å². The van der Waals surface area contributed by atoms with E-state index in [0.29, 0.717) is 12.3 Å². The van der Waals surface area contributed by atoms with Crippen molar-refractivity contribution in [3.63, 3.8) is 0 Å². The summed E-state index contributed by atoms with van der Waals surface area (Å²) in [5.74, 6) is 0.0861. The van der Waals surface area contributed by atoms with Crippen LogP contribution in [0.15, 0.2) is 42.5 Å². The van der Waals surface area contributed by atoms with Crippen molar-refractivity contribution in [1.82, 2.24) is 4.90 Å². The Hall–Kier alpha value is -2.13. The monoisotopic (exact) mass is 489 g/mol. The first-order chi connectivity index (χ1) is 15.8. The minimum Gasteiger partial charge on any atom is -0.370 e. The number of hydrogen-bond acceptors (Lipinski definition) is 2. The van der Waals surface area contributed by atoms with Gasteiger partial charge in [0, 0.05) is 19.0 Å². The SMILES string of the molecule is C[C@H](O[C@@H]1CCC2CN(C)CC2[C@H]1c1ccc(F)cc1)c1cc(C(F)(F)F)cc(C(F)(F)F)c1. The highest BCUT2D eigenvalue weighted by Gasteiger charge is 2.45. The van der Waals surface area contributed by atoms with Crippen LogP contribution in [0, 0.1) is 17.7 Å². The van der Waals surface area contributed by atoms with Gasteiger partial charge in [-0.15, -0.1) is 0 Å². The van der Waals surface area contributed by atoms with E-state index in [1.165, 1.54) is 19.1 Å². The fraction of sp³-hybridized carbons (Fsp3) is 0.520. The van der Waals surface area contributed by atoms with Crippen LogP contribution in [0.25, 0.3) is 0 Å². The summed E-state index contributed by atoms with van der Waals surface area (Å²) in [6, 6.07) is 7.67. The molecule has 4 rings (SSSR count). The maximum absolute atomic E-state index is 13.6. The van der Waals surface area contributed by atoms with Gasteiger partial charge in [-0.2, -0.15) is 26.3 Å². The first-order valence-corrected chi connectivity index (χ1v) is 11.2. The number of hydrogen-bond donors (Lipinski definition) is 0. The summed E-state index contributed by atoms with van der Waals surface area (Å²) >= 11 is 0. The molecule has 2 fully saturated rings. The molecule has 9 heteroatoms. The second-order valence-corrected chi connectivity index (χ2v) is 9.46. The molecule has 2 aromatic carbocycles. The molecule has 1 saturated heterocycles. The van der Waals surface area contributed by atoms with Crippen molar-refractivity contribution < 1.29 is 35.5 Å². The fourth-order valence-corrected chi connectivity index (χ4v) is 5.52. The maximum atomic E-state index is 13.6. The van der Waals surface area contributed by atoms with Gasteiger partial charge < -0.3 is 9.64 Å². The number of halogens is 7. The van der Waals surface area contributed by atoms with Crippen molar-refractivity contribution in [1.29, 1.82) is 0 Å². The quantitative estimate of drug-likeness (QED) is 0.426. The second kappa shape index (κ2) is 9.15.